The number of rotatable bonds is 7. The van der Waals surface area contributed by atoms with Gasteiger partial charge in [0.1, 0.15) is 6.34 Å². The average Bonchev–Trinajstić information content (AvgIpc) is 2.66. The minimum Gasteiger partial charge on any atom is -0.279 e. The molecule has 0 amide bonds. The molecule has 16 heavy (non-hydrogen) atoms. The first-order valence-electron chi connectivity index (χ1n) is 5.90. The van der Waals surface area contributed by atoms with Gasteiger partial charge in [0.05, 0.1) is 4.92 Å². The molecule has 0 fully saturated rings. The third-order valence-electron chi connectivity index (χ3n) is 2.61. The molecule has 1 rings (SSSR count). The highest BCUT2D eigenvalue weighted by molar-refractivity contribution is 5.56. The zero-order valence-corrected chi connectivity index (χ0v) is 10.0. The van der Waals surface area contributed by atoms with E-state index in [9.17, 15) is 10.1 Å². The van der Waals surface area contributed by atoms with Crippen molar-refractivity contribution in [3.05, 3.63) is 10.1 Å². The molecule has 1 aliphatic heterocycles. The zero-order chi connectivity index (χ0) is 12.0. The fourth-order valence-electron chi connectivity index (χ4n) is 1.66. The van der Waals surface area contributed by atoms with Crippen LogP contribution in [0.25, 0.3) is 0 Å². The van der Waals surface area contributed by atoms with Crippen molar-refractivity contribution < 1.29 is 4.92 Å². The highest BCUT2D eigenvalue weighted by atomic mass is 16.6. The van der Waals surface area contributed by atoms with Gasteiger partial charge in [-0.1, -0.05) is 26.7 Å². The molecule has 0 aliphatic carbocycles. The lowest BCUT2D eigenvalue weighted by Gasteiger charge is -2.22. The third-order valence-corrected chi connectivity index (χ3v) is 2.61. The largest absolute Gasteiger partial charge is 0.383 e. The first kappa shape index (κ1) is 12.7. The van der Waals surface area contributed by atoms with Crippen LogP contribution < -0.4 is 0 Å². The van der Waals surface area contributed by atoms with Crippen molar-refractivity contribution in [2.45, 2.75) is 45.8 Å². The van der Waals surface area contributed by atoms with E-state index in [0.29, 0.717) is 13.1 Å². The van der Waals surface area contributed by atoms with Crippen molar-refractivity contribution >= 4 is 6.34 Å². The number of hydrazone groups is 1. The summed E-state index contributed by atoms with van der Waals surface area (Å²) in [6.07, 6.45) is 4.74. The van der Waals surface area contributed by atoms with E-state index in [-0.39, 0.29) is 4.92 Å². The maximum absolute atomic E-state index is 11.0. The lowest BCUT2D eigenvalue weighted by molar-refractivity contribution is -0.570. The number of unbranched alkanes of at least 4 members (excludes halogenated alkanes) is 2. The number of nitro groups is 1. The minimum absolute atomic E-state index is 0.266. The maximum Gasteiger partial charge on any atom is 0.383 e. The molecule has 0 radical (unpaired) electrons. The monoisotopic (exact) mass is 228 g/mol. The van der Waals surface area contributed by atoms with E-state index in [1.54, 1.807) is 16.2 Å². The van der Waals surface area contributed by atoms with Gasteiger partial charge in [0.15, 0.2) is 0 Å². The number of hydrogen-bond donors (Lipinski definition) is 0. The van der Waals surface area contributed by atoms with Crippen molar-refractivity contribution in [2.75, 3.05) is 13.1 Å². The summed E-state index contributed by atoms with van der Waals surface area (Å²) in [4.78, 5) is 12.4. The Bertz CT molecular complexity index is 239. The Hall–Kier alpha value is -1.33. The predicted molar refractivity (Wildman–Crippen MR) is 62.5 cm³/mol. The Labute approximate surface area is 96.1 Å². The molecular formula is C10H20N4O2. The fourth-order valence-corrected chi connectivity index (χ4v) is 1.66. The molecule has 0 aromatic carbocycles. The Morgan fingerprint density at radius 2 is 1.94 bits per heavy atom. The molecular weight excluding hydrogens is 208 g/mol. The summed E-state index contributed by atoms with van der Waals surface area (Å²) >= 11 is 0. The zero-order valence-electron chi connectivity index (χ0n) is 10.0. The van der Waals surface area contributed by atoms with Gasteiger partial charge in [-0.3, -0.25) is 15.0 Å². The molecule has 0 aromatic heterocycles. The number of nitrogens with zero attached hydrogens (tertiary/aromatic N) is 4. The van der Waals surface area contributed by atoms with E-state index < -0.39 is 6.29 Å². The van der Waals surface area contributed by atoms with E-state index in [2.05, 4.69) is 18.9 Å². The van der Waals surface area contributed by atoms with Gasteiger partial charge in [-0.25, -0.2) is 5.01 Å². The second-order valence-electron chi connectivity index (χ2n) is 3.97. The molecule has 0 spiro atoms. The summed E-state index contributed by atoms with van der Waals surface area (Å²) < 4.78 is 0. The van der Waals surface area contributed by atoms with E-state index in [1.165, 1.54) is 0 Å². The first-order valence-corrected chi connectivity index (χ1v) is 5.90. The van der Waals surface area contributed by atoms with Crippen LogP contribution in [0.4, 0.5) is 0 Å². The van der Waals surface area contributed by atoms with Gasteiger partial charge in [-0.15, -0.1) is 0 Å². The quantitative estimate of drug-likeness (QED) is 0.491. The summed E-state index contributed by atoms with van der Waals surface area (Å²) in [5, 5.41) is 16.7. The smallest absolute Gasteiger partial charge is 0.279 e. The summed E-state index contributed by atoms with van der Waals surface area (Å²) in [5.74, 6) is 0. The fraction of sp³-hybridized carbons (Fsp3) is 0.900. The van der Waals surface area contributed by atoms with E-state index in [4.69, 9.17) is 0 Å². The Morgan fingerprint density at radius 1 is 1.31 bits per heavy atom. The number of hydrogen-bond acceptors (Lipinski definition) is 5. The summed E-state index contributed by atoms with van der Waals surface area (Å²) in [6, 6.07) is 0. The second kappa shape index (κ2) is 6.30. The first-order chi connectivity index (χ1) is 7.70. The lowest BCUT2D eigenvalue weighted by atomic mass is 10.3. The maximum atomic E-state index is 11.0. The predicted octanol–water partition coefficient (Wildman–Crippen LogP) is 1.71. The van der Waals surface area contributed by atoms with Crippen molar-refractivity contribution in [1.29, 1.82) is 0 Å². The molecule has 92 valence electrons. The molecule has 0 saturated carbocycles. The molecule has 1 aliphatic rings. The normalized spacial score (nSPS) is 19.5. The van der Waals surface area contributed by atoms with Gasteiger partial charge in [-0.05, 0) is 12.8 Å². The van der Waals surface area contributed by atoms with Crippen molar-refractivity contribution in [3.63, 3.8) is 0 Å². The molecule has 0 saturated heterocycles. The molecule has 0 bridgehead atoms. The van der Waals surface area contributed by atoms with E-state index in [0.717, 1.165) is 25.7 Å². The van der Waals surface area contributed by atoms with Crippen molar-refractivity contribution in [2.24, 2.45) is 5.10 Å². The van der Waals surface area contributed by atoms with E-state index >= 15 is 0 Å². The van der Waals surface area contributed by atoms with Gasteiger partial charge in [0.2, 0.25) is 0 Å². The molecule has 1 unspecified atom stereocenters. The Kier molecular flexibility index (Phi) is 5.01. The molecule has 0 N–H and O–H groups in total. The van der Waals surface area contributed by atoms with Crippen LogP contribution in [-0.2, 0) is 0 Å². The van der Waals surface area contributed by atoms with Gasteiger partial charge in [0, 0.05) is 13.1 Å². The molecule has 1 heterocycles. The van der Waals surface area contributed by atoms with Crippen LogP contribution in [0.3, 0.4) is 0 Å². The average molecular weight is 228 g/mol. The van der Waals surface area contributed by atoms with Crippen LogP contribution in [0.15, 0.2) is 5.10 Å². The molecule has 6 heteroatoms. The lowest BCUT2D eigenvalue weighted by Crippen LogP contribution is -2.46. The van der Waals surface area contributed by atoms with Gasteiger partial charge in [0.25, 0.3) is 0 Å². The van der Waals surface area contributed by atoms with Crippen molar-refractivity contribution in [3.8, 4) is 0 Å². The highest BCUT2D eigenvalue weighted by Gasteiger charge is 2.36. The second-order valence-corrected chi connectivity index (χ2v) is 3.97. The van der Waals surface area contributed by atoms with Gasteiger partial charge >= 0.3 is 6.29 Å². The van der Waals surface area contributed by atoms with Crippen LogP contribution in [0.2, 0.25) is 0 Å². The topological polar surface area (TPSA) is 62.0 Å². The molecule has 6 nitrogen and oxygen atoms in total. The van der Waals surface area contributed by atoms with Crippen LogP contribution in [-0.4, -0.2) is 40.5 Å². The van der Waals surface area contributed by atoms with Gasteiger partial charge in [-0.2, -0.15) is 5.10 Å². The summed E-state index contributed by atoms with van der Waals surface area (Å²) in [5.41, 5.74) is 0. The van der Waals surface area contributed by atoms with Crippen LogP contribution >= 0.6 is 0 Å². The van der Waals surface area contributed by atoms with Crippen LogP contribution in [0, 0.1) is 10.1 Å². The SMILES string of the molecule is CCCCN1C=NN(CCCC)C1[N+](=O)[O-]. The molecule has 0 aromatic rings. The third kappa shape index (κ3) is 3.08. The standard InChI is InChI=1S/C10H20N4O2/c1-3-5-7-12-9-11-13(8-6-4-2)10(12)14(15)16/h9-10H,3-8H2,1-2H3. The highest BCUT2D eigenvalue weighted by Crippen LogP contribution is 2.14. The van der Waals surface area contributed by atoms with Gasteiger partial charge < -0.3 is 0 Å². The van der Waals surface area contributed by atoms with Crippen molar-refractivity contribution in [1.82, 2.24) is 9.91 Å². The minimum atomic E-state index is -0.793. The Morgan fingerprint density at radius 3 is 2.50 bits per heavy atom. The molecule has 1 atom stereocenters. The van der Waals surface area contributed by atoms with Crippen LogP contribution in [0.1, 0.15) is 39.5 Å². The Balaban J connectivity index is 2.54. The summed E-state index contributed by atoms with van der Waals surface area (Å²) in [6.45, 7) is 5.49. The van der Waals surface area contributed by atoms with E-state index in [1.807, 2.05) is 0 Å². The van der Waals surface area contributed by atoms with Crippen LogP contribution in [0.5, 0.6) is 0 Å². The summed E-state index contributed by atoms with van der Waals surface area (Å²) in [7, 11) is 0.